The molecule has 6 nitrogen and oxygen atoms in total. The van der Waals surface area contributed by atoms with Gasteiger partial charge in [-0.05, 0) is 63.7 Å². The molecule has 0 bridgehead atoms. The smallest absolute Gasteiger partial charge is 0.303 e. The van der Waals surface area contributed by atoms with Crippen molar-refractivity contribution in [3.05, 3.63) is 29.3 Å². The Morgan fingerprint density at radius 3 is 1.78 bits per heavy atom. The van der Waals surface area contributed by atoms with Crippen molar-refractivity contribution in [2.45, 2.75) is 156 Å². The van der Waals surface area contributed by atoms with Crippen LogP contribution in [0, 0.1) is 13.8 Å². The van der Waals surface area contributed by atoms with E-state index in [9.17, 15) is 9.59 Å². The predicted molar refractivity (Wildman–Crippen MR) is 177 cm³/mol. The second kappa shape index (κ2) is 27.2. The van der Waals surface area contributed by atoms with E-state index in [-0.39, 0.29) is 29.8 Å². The van der Waals surface area contributed by atoms with Gasteiger partial charge in [0, 0.05) is 12.1 Å². The highest BCUT2D eigenvalue weighted by atomic mass is 35.5. The maximum absolute atomic E-state index is 12.7. The Bertz CT molecular complexity index is 770. The lowest BCUT2D eigenvalue weighted by atomic mass is 10.00. The Morgan fingerprint density at radius 1 is 0.805 bits per heavy atom. The third-order valence-corrected chi connectivity index (χ3v) is 7.94. The SMILES string of the molecule is CCCCCCCCCCCCCCCC(=O)O.CCCCN1CCCCC1C(=O)Nc1c(C)cccc1C.Cl.O. The van der Waals surface area contributed by atoms with Crippen LogP contribution in [-0.4, -0.2) is 46.5 Å². The minimum absolute atomic E-state index is 0. The minimum atomic E-state index is -0.655. The molecule has 1 atom stereocenters. The number of piperidine rings is 1. The fourth-order valence-corrected chi connectivity index (χ4v) is 5.43. The molecular weight excluding hydrogens is 536 g/mol. The van der Waals surface area contributed by atoms with Crippen LogP contribution in [0.4, 0.5) is 5.69 Å². The summed E-state index contributed by atoms with van der Waals surface area (Å²) in [6, 6.07) is 6.19. The number of nitrogens with zero attached hydrogens (tertiary/aromatic N) is 1. The average molecular weight is 599 g/mol. The maximum atomic E-state index is 12.7. The molecule has 1 unspecified atom stereocenters. The van der Waals surface area contributed by atoms with E-state index in [1.165, 1.54) is 89.9 Å². The monoisotopic (exact) mass is 598 g/mol. The normalized spacial score (nSPS) is 14.7. The molecule has 7 heteroatoms. The number of carboxylic acid groups (broad SMARTS) is 1. The van der Waals surface area contributed by atoms with Crippen LogP contribution in [0.2, 0.25) is 0 Å². The fraction of sp³-hybridized carbons (Fsp3) is 0.765. The number of para-hydroxylation sites is 1. The first kappa shape index (κ1) is 41.5. The van der Waals surface area contributed by atoms with Gasteiger partial charge >= 0.3 is 5.97 Å². The quantitative estimate of drug-likeness (QED) is 0.155. The summed E-state index contributed by atoms with van der Waals surface area (Å²) < 4.78 is 0. The lowest BCUT2D eigenvalue weighted by Gasteiger charge is -2.34. The van der Waals surface area contributed by atoms with Gasteiger partial charge in [-0.1, -0.05) is 122 Å². The van der Waals surface area contributed by atoms with Crippen LogP contribution in [0.5, 0.6) is 0 Å². The molecule has 240 valence electrons. The number of benzene rings is 1. The van der Waals surface area contributed by atoms with Crippen molar-refractivity contribution in [3.8, 4) is 0 Å². The number of likely N-dealkylation sites (tertiary alicyclic amines) is 1. The molecule has 0 spiro atoms. The molecule has 0 aromatic heterocycles. The van der Waals surface area contributed by atoms with Gasteiger partial charge in [0.2, 0.25) is 5.91 Å². The van der Waals surface area contributed by atoms with Crippen LogP contribution in [0.15, 0.2) is 18.2 Å². The molecule has 1 aliphatic heterocycles. The standard InChI is InChI=1S/C18H28N2O.C16H32O2.ClH.H2O/c1-4-5-12-20-13-7-6-11-16(20)18(21)19-17-14(2)9-8-10-15(17)3;1-2-3-4-5-6-7-8-9-10-11-12-13-14-15-16(17)18;;/h8-10,16H,4-7,11-13H2,1-3H3,(H,19,21);2-15H2,1H3,(H,17,18);1H;1H2. The molecule has 0 radical (unpaired) electrons. The van der Waals surface area contributed by atoms with E-state index < -0.39 is 5.97 Å². The molecule has 1 aromatic carbocycles. The van der Waals surface area contributed by atoms with Gasteiger partial charge in [0.1, 0.15) is 0 Å². The summed E-state index contributed by atoms with van der Waals surface area (Å²) in [5, 5.41) is 11.7. The Morgan fingerprint density at radius 2 is 1.29 bits per heavy atom. The maximum Gasteiger partial charge on any atom is 0.303 e. The minimum Gasteiger partial charge on any atom is -0.481 e. The molecule has 1 fully saturated rings. The zero-order chi connectivity index (χ0) is 28.7. The number of carbonyl (C=O) groups is 2. The van der Waals surface area contributed by atoms with Crippen LogP contribution in [-0.2, 0) is 9.59 Å². The van der Waals surface area contributed by atoms with Gasteiger partial charge in [-0.15, -0.1) is 12.4 Å². The first-order valence-corrected chi connectivity index (χ1v) is 16.2. The summed E-state index contributed by atoms with van der Waals surface area (Å²) in [7, 11) is 0. The number of rotatable bonds is 19. The van der Waals surface area contributed by atoms with E-state index in [0.717, 1.165) is 55.6 Å². The van der Waals surface area contributed by atoms with Crippen molar-refractivity contribution in [2.75, 3.05) is 18.4 Å². The highest BCUT2D eigenvalue weighted by Gasteiger charge is 2.28. The number of unbranched alkanes of at least 4 members (excludes halogenated alkanes) is 13. The van der Waals surface area contributed by atoms with E-state index >= 15 is 0 Å². The van der Waals surface area contributed by atoms with E-state index in [4.69, 9.17) is 5.11 Å². The van der Waals surface area contributed by atoms with Crippen molar-refractivity contribution in [2.24, 2.45) is 0 Å². The Hall–Kier alpha value is -1.63. The molecule has 0 aliphatic carbocycles. The van der Waals surface area contributed by atoms with Crippen LogP contribution < -0.4 is 5.32 Å². The van der Waals surface area contributed by atoms with Gasteiger partial charge in [0.25, 0.3) is 0 Å². The summed E-state index contributed by atoms with van der Waals surface area (Å²) in [5.74, 6) is -0.485. The molecule has 1 aliphatic rings. The third kappa shape index (κ3) is 20.0. The second-order valence-corrected chi connectivity index (χ2v) is 11.5. The third-order valence-electron chi connectivity index (χ3n) is 7.94. The molecule has 0 saturated carbocycles. The lowest BCUT2D eigenvalue weighted by molar-refractivity contribution is -0.137. The molecule has 1 heterocycles. The number of hydrogen-bond donors (Lipinski definition) is 2. The molecule has 1 saturated heterocycles. The lowest BCUT2D eigenvalue weighted by Crippen LogP contribution is -2.47. The van der Waals surface area contributed by atoms with E-state index in [0.29, 0.717) is 6.42 Å². The van der Waals surface area contributed by atoms with E-state index in [2.05, 4.69) is 50.0 Å². The van der Waals surface area contributed by atoms with E-state index in [1.54, 1.807) is 0 Å². The number of halogens is 1. The highest BCUT2D eigenvalue weighted by molar-refractivity contribution is 5.96. The number of aryl methyl sites for hydroxylation is 2. The topological polar surface area (TPSA) is 101 Å². The van der Waals surface area contributed by atoms with Crippen LogP contribution in [0.25, 0.3) is 0 Å². The zero-order valence-corrected chi connectivity index (χ0v) is 27.6. The number of carbonyl (C=O) groups excluding carboxylic acids is 1. The van der Waals surface area contributed by atoms with Crippen molar-refractivity contribution in [1.29, 1.82) is 0 Å². The van der Waals surface area contributed by atoms with Gasteiger partial charge < -0.3 is 15.9 Å². The molecule has 1 aromatic rings. The summed E-state index contributed by atoms with van der Waals surface area (Å²) in [6.45, 7) is 10.7. The molecule has 1 amide bonds. The Labute approximate surface area is 258 Å². The first-order valence-electron chi connectivity index (χ1n) is 16.2. The van der Waals surface area contributed by atoms with Crippen LogP contribution in [0.1, 0.15) is 147 Å². The summed E-state index contributed by atoms with van der Waals surface area (Å²) >= 11 is 0. The van der Waals surface area contributed by atoms with Gasteiger partial charge in [-0.2, -0.15) is 0 Å². The Balaban J connectivity index is 0. The molecule has 41 heavy (non-hydrogen) atoms. The fourth-order valence-electron chi connectivity index (χ4n) is 5.43. The Kier molecular flexibility index (Phi) is 27.6. The van der Waals surface area contributed by atoms with E-state index in [1.807, 2.05) is 6.07 Å². The van der Waals surface area contributed by atoms with Crippen molar-refractivity contribution in [3.63, 3.8) is 0 Å². The first-order chi connectivity index (χ1) is 18.9. The van der Waals surface area contributed by atoms with Gasteiger partial charge in [0.05, 0.1) is 6.04 Å². The molecule has 2 rings (SSSR count). The number of aliphatic carboxylic acids is 1. The summed E-state index contributed by atoms with van der Waals surface area (Å²) in [4.78, 5) is 25.4. The van der Waals surface area contributed by atoms with Crippen molar-refractivity contribution in [1.82, 2.24) is 4.90 Å². The molecular formula is C34H63ClN2O4. The number of hydrogen-bond acceptors (Lipinski definition) is 3. The number of amides is 1. The van der Waals surface area contributed by atoms with Crippen LogP contribution in [0.3, 0.4) is 0 Å². The summed E-state index contributed by atoms with van der Waals surface area (Å²) in [6.07, 6.45) is 23.0. The van der Waals surface area contributed by atoms with Gasteiger partial charge in [-0.3, -0.25) is 14.5 Å². The van der Waals surface area contributed by atoms with Crippen molar-refractivity contribution < 1.29 is 20.2 Å². The summed E-state index contributed by atoms with van der Waals surface area (Å²) in [5.41, 5.74) is 3.27. The largest absolute Gasteiger partial charge is 0.481 e. The highest BCUT2D eigenvalue weighted by Crippen LogP contribution is 2.23. The number of nitrogens with one attached hydrogen (secondary N) is 1. The zero-order valence-electron chi connectivity index (χ0n) is 26.8. The average Bonchev–Trinajstić information content (AvgIpc) is 2.92. The number of anilines is 1. The van der Waals surface area contributed by atoms with Crippen LogP contribution >= 0.6 is 12.4 Å². The predicted octanol–water partition coefficient (Wildman–Crippen LogP) is 9.05. The number of carboxylic acids is 1. The molecule has 4 N–H and O–H groups in total. The van der Waals surface area contributed by atoms with Gasteiger partial charge in [0.15, 0.2) is 0 Å². The van der Waals surface area contributed by atoms with Crippen molar-refractivity contribution >= 4 is 30.0 Å². The van der Waals surface area contributed by atoms with Gasteiger partial charge in [-0.25, -0.2) is 0 Å². The second-order valence-electron chi connectivity index (χ2n) is 11.5.